The molecule has 0 aromatic heterocycles. The van der Waals surface area contributed by atoms with E-state index in [1.807, 2.05) is 6.07 Å². The van der Waals surface area contributed by atoms with Crippen molar-refractivity contribution in [2.75, 3.05) is 27.3 Å². The second-order valence-electron chi connectivity index (χ2n) is 11.9. The maximum atomic E-state index is 13.4. The maximum Gasteiger partial charge on any atom is 0.166 e. The number of nitrogens with zero attached hydrogens (tertiary/aromatic N) is 2. The van der Waals surface area contributed by atoms with Gasteiger partial charge in [-0.15, -0.1) is 0 Å². The number of rotatable bonds is 18. The number of nitriles is 1. The number of Topliss-reactive ketones (excluding diaryl/α,β-unsaturated/α-hetero) is 1. The van der Waals surface area contributed by atoms with Gasteiger partial charge in [0.2, 0.25) is 0 Å². The van der Waals surface area contributed by atoms with Gasteiger partial charge in [-0.05, 0) is 106 Å². The van der Waals surface area contributed by atoms with E-state index in [1.165, 1.54) is 43.4 Å². The number of halogens is 1. The number of piperidine rings is 1. The summed E-state index contributed by atoms with van der Waals surface area (Å²) in [6.45, 7) is 6.21. The fourth-order valence-electron chi connectivity index (χ4n) is 6.54. The lowest BCUT2D eigenvalue weighted by atomic mass is 9.82. The van der Waals surface area contributed by atoms with Crippen LogP contribution < -0.4 is 9.47 Å². The van der Waals surface area contributed by atoms with E-state index in [0.717, 1.165) is 76.0 Å². The summed E-state index contributed by atoms with van der Waals surface area (Å²) in [4.78, 5) is 15.7. The number of likely N-dealkylation sites (tertiary alicyclic amines) is 1. The molecule has 3 atom stereocenters. The number of methoxy groups -OCH3 is 2. The first-order chi connectivity index (χ1) is 20.4. The lowest BCUT2D eigenvalue weighted by Crippen LogP contribution is -2.43. The fraction of sp³-hybridized carbons (Fsp3) is 0.611. The average molecular weight is 579 g/mol. The molecular weight excluding hydrogens is 527 g/mol. The molecule has 1 heterocycles. The van der Waals surface area contributed by atoms with Crippen molar-refractivity contribution in [2.24, 2.45) is 11.8 Å². The Hall–Kier alpha value is -2.91. The number of carbonyl (C=O) groups is 1. The minimum absolute atomic E-state index is 0.00241. The van der Waals surface area contributed by atoms with Crippen molar-refractivity contribution in [2.45, 2.75) is 103 Å². The third kappa shape index (κ3) is 9.83. The summed E-state index contributed by atoms with van der Waals surface area (Å²) in [6, 6.07) is 15.2. The number of carbonyl (C=O) groups excluding carboxylic acids is 1. The first-order valence-electron chi connectivity index (χ1n) is 16.1. The monoisotopic (exact) mass is 578 g/mol. The fourth-order valence-corrected chi connectivity index (χ4v) is 6.54. The average Bonchev–Trinajstić information content (AvgIpc) is 3.03. The predicted octanol–water partition coefficient (Wildman–Crippen LogP) is 8.97. The number of hydrogen-bond donors (Lipinski definition) is 0. The molecular formula is C36H51FN2O3. The Bertz CT molecular complexity index is 1120. The van der Waals surface area contributed by atoms with E-state index in [2.05, 4.69) is 36.9 Å². The highest BCUT2D eigenvalue weighted by atomic mass is 19.1. The Morgan fingerprint density at radius 2 is 1.64 bits per heavy atom. The molecule has 6 heteroatoms. The van der Waals surface area contributed by atoms with E-state index < -0.39 is 0 Å². The lowest BCUT2D eigenvalue weighted by Gasteiger charge is -2.38. The molecule has 2 aromatic rings. The number of unbranched alkanes of at least 4 members (excludes halogenated alkanes) is 3. The zero-order valence-electron chi connectivity index (χ0n) is 26.2. The Balaban J connectivity index is 1.73. The van der Waals surface area contributed by atoms with Crippen LogP contribution in [0.15, 0.2) is 42.5 Å². The Morgan fingerprint density at radius 1 is 0.929 bits per heavy atom. The second kappa shape index (κ2) is 17.9. The molecule has 1 fully saturated rings. The van der Waals surface area contributed by atoms with Gasteiger partial charge in [0.15, 0.2) is 17.3 Å². The zero-order valence-corrected chi connectivity index (χ0v) is 26.2. The molecule has 0 amide bonds. The van der Waals surface area contributed by atoms with E-state index in [9.17, 15) is 14.4 Å². The first-order valence-corrected chi connectivity index (χ1v) is 16.1. The van der Waals surface area contributed by atoms with Crippen molar-refractivity contribution in [3.05, 3.63) is 59.4 Å². The van der Waals surface area contributed by atoms with Crippen LogP contribution in [0, 0.1) is 29.0 Å². The SMILES string of the molecule is CCCCCCC(CCC(CC(C#N)CCC)c1ccc(OC)c(OC)c1)N1CCC(C(=O)c2ccc(F)cc2)CC1. The molecule has 3 unspecified atom stereocenters. The Morgan fingerprint density at radius 3 is 2.26 bits per heavy atom. The summed E-state index contributed by atoms with van der Waals surface area (Å²) in [5.41, 5.74) is 1.82. The van der Waals surface area contributed by atoms with Gasteiger partial charge in [0.05, 0.1) is 20.3 Å². The van der Waals surface area contributed by atoms with E-state index in [0.29, 0.717) is 11.6 Å². The van der Waals surface area contributed by atoms with E-state index >= 15 is 0 Å². The number of ether oxygens (including phenoxy) is 2. The summed E-state index contributed by atoms with van der Waals surface area (Å²) in [5, 5.41) is 9.90. The molecule has 0 radical (unpaired) electrons. The third-order valence-electron chi connectivity index (χ3n) is 9.05. The van der Waals surface area contributed by atoms with Crippen LogP contribution in [0.3, 0.4) is 0 Å². The quantitative estimate of drug-likeness (QED) is 0.130. The topological polar surface area (TPSA) is 62.6 Å². The van der Waals surface area contributed by atoms with Crippen LogP contribution in [0.4, 0.5) is 4.39 Å². The van der Waals surface area contributed by atoms with Crippen LogP contribution in [0.5, 0.6) is 11.5 Å². The minimum atomic E-state index is -0.311. The molecule has 2 aromatic carbocycles. The van der Waals surface area contributed by atoms with Gasteiger partial charge in [-0.3, -0.25) is 4.79 Å². The third-order valence-corrected chi connectivity index (χ3v) is 9.05. The smallest absolute Gasteiger partial charge is 0.166 e. The Labute approximate surface area is 253 Å². The van der Waals surface area contributed by atoms with Crippen LogP contribution in [0.1, 0.15) is 113 Å². The van der Waals surface area contributed by atoms with Crippen molar-refractivity contribution in [1.29, 1.82) is 5.26 Å². The number of benzene rings is 2. The molecule has 0 saturated carbocycles. The van der Waals surface area contributed by atoms with Crippen molar-refractivity contribution in [1.82, 2.24) is 4.90 Å². The molecule has 42 heavy (non-hydrogen) atoms. The summed E-state index contributed by atoms with van der Waals surface area (Å²) < 4.78 is 24.5. The lowest BCUT2D eigenvalue weighted by molar-refractivity contribution is 0.0764. The summed E-state index contributed by atoms with van der Waals surface area (Å²) >= 11 is 0. The van der Waals surface area contributed by atoms with Gasteiger partial charge < -0.3 is 14.4 Å². The van der Waals surface area contributed by atoms with Crippen LogP contribution in [0.25, 0.3) is 0 Å². The van der Waals surface area contributed by atoms with Gasteiger partial charge in [-0.1, -0.05) is 52.0 Å². The largest absolute Gasteiger partial charge is 0.493 e. The van der Waals surface area contributed by atoms with E-state index in [4.69, 9.17) is 9.47 Å². The molecule has 1 aliphatic rings. The first kappa shape index (κ1) is 33.6. The van der Waals surface area contributed by atoms with Crippen molar-refractivity contribution < 1.29 is 18.7 Å². The molecule has 0 aliphatic carbocycles. The molecule has 0 bridgehead atoms. The van der Waals surface area contributed by atoms with Crippen LogP contribution in [-0.4, -0.2) is 44.0 Å². The standard InChI is InChI=1S/C36H51FN2O3/c1-5-7-8-9-11-33(39-22-20-29(21-23-39)36(40)28-12-16-32(37)17-13-28)18-14-30(24-27(26-38)10-6-2)31-15-19-34(41-3)35(25-31)42-4/h12-13,15-17,19,25,27,29-30,33H,5-11,14,18,20-24H2,1-4H3. The highest BCUT2D eigenvalue weighted by Crippen LogP contribution is 2.37. The van der Waals surface area contributed by atoms with Crippen molar-refractivity contribution in [3.8, 4) is 17.6 Å². The maximum absolute atomic E-state index is 13.4. The van der Waals surface area contributed by atoms with E-state index in [-0.39, 0.29) is 29.4 Å². The highest BCUT2D eigenvalue weighted by molar-refractivity contribution is 5.97. The van der Waals surface area contributed by atoms with Crippen LogP contribution >= 0.6 is 0 Å². The summed E-state index contributed by atoms with van der Waals surface area (Å²) in [6.07, 6.45) is 12.6. The number of hydrogen-bond acceptors (Lipinski definition) is 5. The minimum Gasteiger partial charge on any atom is -0.493 e. The normalized spacial score (nSPS) is 16.4. The Kier molecular flexibility index (Phi) is 14.3. The molecule has 3 rings (SSSR count). The summed E-state index contributed by atoms with van der Waals surface area (Å²) in [5.74, 6) is 1.57. The highest BCUT2D eigenvalue weighted by Gasteiger charge is 2.30. The summed E-state index contributed by atoms with van der Waals surface area (Å²) in [7, 11) is 3.32. The van der Waals surface area contributed by atoms with E-state index in [1.54, 1.807) is 26.4 Å². The van der Waals surface area contributed by atoms with Gasteiger partial charge in [-0.25, -0.2) is 4.39 Å². The molecule has 1 saturated heterocycles. The van der Waals surface area contributed by atoms with Gasteiger partial charge in [0.25, 0.3) is 0 Å². The molecule has 0 N–H and O–H groups in total. The van der Waals surface area contributed by atoms with Crippen molar-refractivity contribution in [3.63, 3.8) is 0 Å². The van der Waals surface area contributed by atoms with Gasteiger partial charge in [-0.2, -0.15) is 5.26 Å². The predicted molar refractivity (Wildman–Crippen MR) is 168 cm³/mol. The molecule has 0 spiro atoms. The van der Waals surface area contributed by atoms with Crippen LogP contribution in [0.2, 0.25) is 0 Å². The van der Waals surface area contributed by atoms with Gasteiger partial charge >= 0.3 is 0 Å². The molecule has 1 aliphatic heterocycles. The zero-order chi connectivity index (χ0) is 30.3. The molecule has 230 valence electrons. The second-order valence-corrected chi connectivity index (χ2v) is 11.9. The molecule has 5 nitrogen and oxygen atoms in total. The number of ketones is 1. The van der Waals surface area contributed by atoms with Crippen LogP contribution in [-0.2, 0) is 0 Å². The van der Waals surface area contributed by atoms with Crippen molar-refractivity contribution >= 4 is 5.78 Å². The van der Waals surface area contributed by atoms with Gasteiger partial charge in [0.1, 0.15) is 5.82 Å². The van der Waals surface area contributed by atoms with Gasteiger partial charge in [0, 0.05) is 23.4 Å².